The molecule has 1 aliphatic rings. The second kappa shape index (κ2) is 8.02. The molecule has 0 bridgehead atoms. The number of hydrogen-bond acceptors (Lipinski definition) is 6. The maximum atomic E-state index is 16.1. The molecule has 0 spiro atoms. The van der Waals surface area contributed by atoms with Gasteiger partial charge in [-0.2, -0.15) is 9.97 Å². The number of H-pyrrole nitrogens is 1. The molecule has 2 N–H and O–H groups in total. The number of carbonyl (C=O) groups is 1. The van der Waals surface area contributed by atoms with Gasteiger partial charge in [-0.1, -0.05) is 30.2 Å². The van der Waals surface area contributed by atoms with Crippen molar-refractivity contribution in [3.05, 3.63) is 66.1 Å². The Hall–Kier alpha value is -5.04. The third kappa shape index (κ3) is 3.29. The Bertz CT molecular complexity index is 1740. The van der Waals surface area contributed by atoms with E-state index in [-0.39, 0.29) is 35.8 Å². The van der Waals surface area contributed by atoms with E-state index in [0.29, 0.717) is 27.5 Å². The summed E-state index contributed by atoms with van der Waals surface area (Å²) in [7, 11) is 0. The van der Waals surface area contributed by atoms with Crippen molar-refractivity contribution < 1.29 is 23.4 Å². The fraction of sp³-hybridized carbons (Fsp3) is 0.0769. The Morgan fingerprint density at radius 1 is 1.17 bits per heavy atom. The lowest BCUT2D eigenvalue weighted by atomic mass is 9.96. The number of benzene rings is 2. The van der Waals surface area contributed by atoms with Crippen molar-refractivity contribution in [2.75, 3.05) is 11.5 Å². The highest BCUT2D eigenvalue weighted by atomic mass is 19.1. The number of halogens is 2. The topological polar surface area (TPSA) is 104 Å². The van der Waals surface area contributed by atoms with Crippen molar-refractivity contribution in [3.8, 4) is 29.6 Å². The van der Waals surface area contributed by atoms with Gasteiger partial charge in [0.15, 0.2) is 11.6 Å². The van der Waals surface area contributed by atoms with Crippen LogP contribution in [0.1, 0.15) is 12.0 Å². The summed E-state index contributed by atoms with van der Waals surface area (Å²) in [6.45, 7) is -0.194. The lowest BCUT2D eigenvalue weighted by Crippen LogP contribution is -2.09. The number of aromatic amines is 1. The maximum Gasteiger partial charge on any atom is 0.319 e. The Kier molecular flexibility index (Phi) is 4.79. The molecule has 0 atom stereocenters. The van der Waals surface area contributed by atoms with Gasteiger partial charge < -0.3 is 14.8 Å². The molecule has 6 rings (SSSR count). The summed E-state index contributed by atoms with van der Waals surface area (Å²) in [5.41, 5.74) is 1.87. The highest BCUT2D eigenvalue weighted by molar-refractivity contribution is 6.07. The predicted molar refractivity (Wildman–Crippen MR) is 128 cm³/mol. The van der Waals surface area contributed by atoms with Crippen LogP contribution in [0.2, 0.25) is 0 Å². The normalized spacial score (nSPS) is 12.0. The molecule has 2 aromatic carbocycles. The Balaban J connectivity index is 1.56. The minimum atomic E-state index is -1.05. The molecule has 0 saturated heterocycles. The molecule has 0 fully saturated rings. The fourth-order valence-electron chi connectivity index (χ4n) is 4.26. The average Bonchev–Trinajstić information content (AvgIpc) is 3.33. The number of ether oxygens (including phenoxy) is 1. The molecule has 176 valence electrons. The minimum Gasteiger partial charge on any atom is -0.481 e. The fourth-order valence-corrected chi connectivity index (χ4v) is 4.26. The zero-order chi connectivity index (χ0) is 25.0. The number of aliphatic carboxylic acids is 1. The van der Waals surface area contributed by atoms with E-state index in [1.807, 2.05) is 0 Å². The number of nitrogens with zero attached hydrogens (tertiary/aromatic N) is 4. The van der Waals surface area contributed by atoms with Gasteiger partial charge >= 0.3 is 12.0 Å². The van der Waals surface area contributed by atoms with Gasteiger partial charge in [0, 0.05) is 29.5 Å². The number of hydrogen-bond donors (Lipinski definition) is 2. The van der Waals surface area contributed by atoms with Crippen molar-refractivity contribution in [2.24, 2.45) is 0 Å². The summed E-state index contributed by atoms with van der Waals surface area (Å²) in [4.78, 5) is 28.6. The number of terminal acetylenes is 1. The molecule has 1 aliphatic heterocycles. The summed E-state index contributed by atoms with van der Waals surface area (Å²) < 4.78 is 36.0. The van der Waals surface area contributed by atoms with Gasteiger partial charge in [0.2, 0.25) is 0 Å². The number of fused-ring (bicyclic) bond motifs is 3. The van der Waals surface area contributed by atoms with Crippen molar-refractivity contribution >= 4 is 44.8 Å². The van der Waals surface area contributed by atoms with Crippen molar-refractivity contribution in [1.82, 2.24) is 19.9 Å². The van der Waals surface area contributed by atoms with Crippen LogP contribution in [0.15, 0.2) is 48.9 Å². The predicted octanol–water partition coefficient (Wildman–Crippen LogP) is 5.07. The molecule has 10 heteroatoms. The average molecular weight is 483 g/mol. The van der Waals surface area contributed by atoms with Crippen molar-refractivity contribution in [1.29, 1.82) is 0 Å². The first kappa shape index (κ1) is 21.5. The van der Waals surface area contributed by atoms with Crippen LogP contribution in [-0.2, 0) is 4.79 Å². The second-order valence-corrected chi connectivity index (χ2v) is 8.04. The first-order valence-corrected chi connectivity index (χ1v) is 10.8. The minimum absolute atomic E-state index is 0.00811. The lowest BCUT2D eigenvalue weighted by Gasteiger charge is -2.14. The van der Waals surface area contributed by atoms with Gasteiger partial charge in [-0.15, -0.1) is 6.42 Å². The second-order valence-electron chi connectivity index (χ2n) is 8.04. The van der Waals surface area contributed by atoms with Gasteiger partial charge in [0.1, 0.15) is 23.6 Å². The van der Waals surface area contributed by atoms with Crippen LogP contribution < -0.4 is 9.64 Å². The summed E-state index contributed by atoms with van der Waals surface area (Å²) in [5.74, 6) is 0.280. The molecular weight excluding hydrogens is 468 g/mol. The third-order valence-electron chi connectivity index (χ3n) is 5.93. The number of carboxylic acid groups (broad SMARTS) is 1. The van der Waals surface area contributed by atoms with Gasteiger partial charge in [0.25, 0.3) is 0 Å². The highest BCUT2D eigenvalue weighted by Crippen LogP contribution is 2.54. The zero-order valence-corrected chi connectivity index (χ0v) is 18.4. The number of aromatic nitrogens is 4. The van der Waals surface area contributed by atoms with E-state index < -0.39 is 17.6 Å². The van der Waals surface area contributed by atoms with E-state index in [2.05, 4.69) is 25.9 Å². The van der Waals surface area contributed by atoms with Crippen LogP contribution >= 0.6 is 0 Å². The largest absolute Gasteiger partial charge is 0.481 e. The van der Waals surface area contributed by atoms with Gasteiger partial charge in [-0.25, -0.2) is 8.78 Å². The molecule has 4 heterocycles. The number of nitrogens with one attached hydrogen (secondary N) is 1. The van der Waals surface area contributed by atoms with Gasteiger partial charge in [-0.3, -0.25) is 14.7 Å². The van der Waals surface area contributed by atoms with E-state index in [1.54, 1.807) is 41.6 Å². The number of rotatable bonds is 6. The molecule has 5 aromatic rings. The Labute approximate surface area is 202 Å². The summed E-state index contributed by atoms with van der Waals surface area (Å²) in [6, 6.07) is 7.73. The molecule has 0 radical (unpaired) electrons. The highest BCUT2D eigenvalue weighted by Gasteiger charge is 2.35. The first-order valence-electron chi connectivity index (χ1n) is 10.8. The third-order valence-corrected chi connectivity index (χ3v) is 5.93. The SMILES string of the molecule is C#Cc1c(F)ccc2cccc(-c3ncc4c(N5c6c[nH]cc65)nc(OCCC(=O)O)nc4c3F)c12. The molecule has 8 nitrogen and oxygen atoms in total. The monoisotopic (exact) mass is 483 g/mol. The Morgan fingerprint density at radius 3 is 2.72 bits per heavy atom. The quantitative estimate of drug-likeness (QED) is 0.252. The standard InChI is InChI=1S/C26H15F2N5O3/c1-2-14-17(27)7-6-13-4-3-5-15(21(13)14)23-22(28)24-16(10-30-23)25(33-18-11-29-12-19(18)33)32-26(31-24)36-9-8-20(34)35/h1,3-7,10-12,29H,8-9H2,(H,34,35). The summed E-state index contributed by atoms with van der Waals surface area (Å²) >= 11 is 0. The van der Waals surface area contributed by atoms with Crippen molar-refractivity contribution in [3.63, 3.8) is 0 Å². The van der Waals surface area contributed by atoms with E-state index in [4.69, 9.17) is 16.3 Å². The van der Waals surface area contributed by atoms with Gasteiger partial charge in [-0.05, 0) is 11.5 Å². The van der Waals surface area contributed by atoms with Crippen LogP contribution in [0.5, 0.6) is 6.01 Å². The van der Waals surface area contributed by atoms with Crippen LogP contribution in [0.3, 0.4) is 0 Å². The molecule has 0 amide bonds. The molecule has 3 aromatic heterocycles. The molecule has 0 aliphatic carbocycles. The van der Waals surface area contributed by atoms with Crippen molar-refractivity contribution in [2.45, 2.75) is 6.42 Å². The zero-order valence-electron chi connectivity index (χ0n) is 18.4. The molecule has 0 saturated carbocycles. The molecule has 0 unspecified atom stereocenters. The molecular formula is C26H15F2N5O3. The van der Waals surface area contributed by atoms with E-state index in [0.717, 1.165) is 11.4 Å². The smallest absolute Gasteiger partial charge is 0.319 e. The first-order chi connectivity index (χ1) is 17.5. The lowest BCUT2D eigenvalue weighted by molar-refractivity contribution is -0.137. The number of anilines is 3. The summed E-state index contributed by atoms with van der Waals surface area (Å²) in [6.07, 6.45) is 10.3. The number of pyridine rings is 1. The van der Waals surface area contributed by atoms with Crippen LogP contribution in [0.4, 0.5) is 26.0 Å². The van der Waals surface area contributed by atoms with Crippen LogP contribution in [-0.4, -0.2) is 37.6 Å². The van der Waals surface area contributed by atoms with E-state index in [1.165, 1.54) is 12.3 Å². The molecule has 36 heavy (non-hydrogen) atoms. The van der Waals surface area contributed by atoms with Crippen LogP contribution in [0, 0.1) is 24.0 Å². The van der Waals surface area contributed by atoms with E-state index >= 15 is 4.39 Å². The van der Waals surface area contributed by atoms with Crippen LogP contribution in [0.25, 0.3) is 32.9 Å². The van der Waals surface area contributed by atoms with Gasteiger partial charge in [0.05, 0.1) is 28.7 Å². The Morgan fingerprint density at radius 2 is 1.97 bits per heavy atom. The number of carboxylic acids is 1. The maximum absolute atomic E-state index is 16.1. The summed E-state index contributed by atoms with van der Waals surface area (Å²) in [5, 5.41) is 10.2. The van der Waals surface area contributed by atoms with E-state index in [9.17, 15) is 9.18 Å².